The predicted octanol–water partition coefficient (Wildman–Crippen LogP) is 2.86. The smallest absolute Gasteiger partial charge is 0.250 e. The van der Waals surface area contributed by atoms with Crippen molar-refractivity contribution in [2.24, 2.45) is 4.99 Å². The summed E-state index contributed by atoms with van der Waals surface area (Å²) in [6.07, 6.45) is 7.13. The maximum absolute atomic E-state index is 12.8. The van der Waals surface area contributed by atoms with E-state index in [1.807, 2.05) is 24.3 Å². The predicted molar refractivity (Wildman–Crippen MR) is 88.4 cm³/mol. The molecule has 1 aromatic rings. The van der Waals surface area contributed by atoms with Gasteiger partial charge in [-0.05, 0) is 47.1 Å². The highest BCUT2D eigenvalue weighted by molar-refractivity contribution is 9.10. The number of hydrogen-bond acceptors (Lipinski definition) is 3. The van der Waals surface area contributed by atoms with Gasteiger partial charge in [-0.15, -0.1) is 0 Å². The number of nitrogens with one attached hydrogen (secondary N) is 1. The zero-order valence-corrected chi connectivity index (χ0v) is 13.5. The molecule has 6 heteroatoms. The molecule has 0 aromatic heterocycles. The van der Waals surface area contributed by atoms with Gasteiger partial charge in [0.05, 0.1) is 12.1 Å². The third-order valence-corrected chi connectivity index (χ3v) is 4.41. The van der Waals surface area contributed by atoms with Crippen molar-refractivity contribution in [2.45, 2.75) is 18.9 Å². The third kappa shape index (κ3) is 2.50. The first-order chi connectivity index (χ1) is 10.5. The lowest BCUT2D eigenvalue weighted by Crippen LogP contribution is -2.58. The van der Waals surface area contributed by atoms with Crippen LogP contribution in [0.25, 0.3) is 0 Å². The highest BCUT2D eigenvalue weighted by Gasteiger charge is 2.45. The number of carbonyl (C=O) groups is 2. The van der Waals surface area contributed by atoms with E-state index in [4.69, 9.17) is 0 Å². The maximum atomic E-state index is 12.8. The van der Waals surface area contributed by atoms with Crippen LogP contribution >= 0.6 is 15.9 Å². The number of amides is 2. The van der Waals surface area contributed by atoms with E-state index in [9.17, 15) is 9.59 Å². The lowest BCUT2D eigenvalue weighted by Gasteiger charge is -2.41. The molecule has 0 saturated heterocycles. The van der Waals surface area contributed by atoms with Crippen LogP contribution in [-0.2, 0) is 9.59 Å². The van der Waals surface area contributed by atoms with Gasteiger partial charge in [0.2, 0.25) is 0 Å². The average molecular weight is 360 g/mol. The number of carbonyl (C=O) groups excluding carboxylic acids is 2. The van der Waals surface area contributed by atoms with E-state index in [1.165, 1.54) is 0 Å². The van der Waals surface area contributed by atoms with Gasteiger partial charge in [-0.3, -0.25) is 9.59 Å². The van der Waals surface area contributed by atoms with Crippen molar-refractivity contribution >= 4 is 39.3 Å². The second-order valence-corrected chi connectivity index (χ2v) is 6.17. The van der Waals surface area contributed by atoms with E-state index in [0.717, 1.165) is 4.47 Å². The summed E-state index contributed by atoms with van der Waals surface area (Å²) < 4.78 is 0.789. The number of aliphatic imine (C=N–C) groups is 1. The number of halogens is 1. The largest absolute Gasteiger partial charge is 0.323 e. The summed E-state index contributed by atoms with van der Waals surface area (Å²) in [5, 5.41) is 2.88. The van der Waals surface area contributed by atoms with Gasteiger partial charge in [-0.2, -0.15) is 4.99 Å². The average Bonchev–Trinajstić information content (AvgIpc) is 2.49. The molecule has 22 heavy (non-hydrogen) atoms. The van der Waals surface area contributed by atoms with E-state index in [2.05, 4.69) is 26.2 Å². The maximum Gasteiger partial charge on any atom is 0.250 e. The number of para-hydroxylation sites is 1. The van der Waals surface area contributed by atoms with Crippen LogP contribution in [0.15, 0.2) is 58.2 Å². The molecule has 3 rings (SSSR count). The van der Waals surface area contributed by atoms with Gasteiger partial charge in [0.15, 0.2) is 0 Å². The van der Waals surface area contributed by atoms with Crippen LogP contribution in [-0.4, -0.2) is 28.1 Å². The molecule has 0 aliphatic carbocycles. The molecule has 0 bridgehead atoms. The molecule has 2 aliphatic heterocycles. The minimum atomic E-state index is -1.01. The fraction of sp³-hybridized carbons (Fsp3) is 0.188. The van der Waals surface area contributed by atoms with Gasteiger partial charge in [0.1, 0.15) is 11.4 Å². The SMILES string of the molecule is CC1(C(=O)Nc2ccccc2Br)CC(=O)N=C2C=CC=CN21. The Bertz CT molecular complexity index is 739. The molecule has 1 atom stereocenters. The Balaban J connectivity index is 1.92. The van der Waals surface area contributed by atoms with Crippen molar-refractivity contribution in [3.8, 4) is 0 Å². The molecular weight excluding hydrogens is 346 g/mol. The number of nitrogens with zero attached hydrogens (tertiary/aromatic N) is 2. The number of rotatable bonds is 2. The van der Waals surface area contributed by atoms with Crippen LogP contribution in [0.4, 0.5) is 5.69 Å². The molecule has 2 heterocycles. The van der Waals surface area contributed by atoms with E-state index in [0.29, 0.717) is 11.5 Å². The van der Waals surface area contributed by atoms with Crippen LogP contribution in [0.1, 0.15) is 13.3 Å². The van der Waals surface area contributed by atoms with Gasteiger partial charge in [-0.25, -0.2) is 0 Å². The lowest BCUT2D eigenvalue weighted by atomic mass is 9.91. The molecule has 2 aliphatic rings. The number of anilines is 1. The number of fused-ring (bicyclic) bond motifs is 1. The van der Waals surface area contributed by atoms with Gasteiger partial charge < -0.3 is 10.2 Å². The second kappa shape index (κ2) is 5.53. The zero-order valence-electron chi connectivity index (χ0n) is 11.9. The standard InChI is InChI=1S/C16H14BrN3O2/c1-16(15(22)18-12-7-3-2-6-11(12)17)10-14(21)19-13-8-4-5-9-20(13)16/h2-9H,10H2,1H3,(H,18,22). The number of amidine groups is 1. The van der Waals surface area contributed by atoms with E-state index < -0.39 is 5.54 Å². The molecule has 0 fully saturated rings. The minimum absolute atomic E-state index is 0.0327. The molecule has 2 amide bonds. The second-order valence-electron chi connectivity index (χ2n) is 5.32. The zero-order chi connectivity index (χ0) is 15.7. The first kappa shape index (κ1) is 14.7. The third-order valence-electron chi connectivity index (χ3n) is 3.72. The van der Waals surface area contributed by atoms with Crippen molar-refractivity contribution in [1.29, 1.82) is 0 Å². The molecule has 1 unspecified atom stereocenters. The molecule has 112 valence electrons. The summed E-state index contributed by atoms with van der Waals surface area (Å²) in [4.78, 5) is 30.4. The summed E-state index contributed by atoms with van der Waals surface area (Å²) in [5.41, 5.74) is -0.341. The Labute approximate surface area is 136 Å². The topological polar surface area (TPSA) is 61.8 Å². The summed E-state index contributed by atoms with van der Waals surface area (Å²) in [5.74, 6) is -0.0559. The highest BCUT2D eigenvalue weighted by Crippen LogP contribution is 2.30. The van der Waals surface area contributed by atoms with Gasteiger partial charge >= 0.3 is 0 Å². The molecule has 0 spiro atoms. The minimum Gasteiger partial charge on any atom is -0.323 e. The van der Waals surface area contributed by atoms with Gasteiger partial charge in [0, 0.05) is 10.7 Å². The van der Waals surface area contributed by atoms with Gasteiger partial charge in [-0.1, -0.05) is 18.2 Å². The van der Waals surface area contributed by atoms with Crippen molar-refractivity contribution in [1.82, 2.24) is 4.90 Å². The van der Waals surface area contributed by atoms with Crippen LogP contribution in [0.5, 0.6) is 0 Å². The van der Waals surface area contributed by atoms with Crippen LogP contribution in [0, 0.1) is 0 Å². The fourth-order valence-electron chi connectivity index (χ4n) is 2.50. The van der Waals surface area contributed by atoms with Crippen LogP contribution in [0.3, 0.4) is 0 Å². The van der Waals surface area contributed by atoms with Crippen LogP contribution in [0.2, 0.25) is 0 Å². The molecule has 0 radical (unpaired) electrons. The van der Waals surface area contributed by atoms with Gasteiger partial charge in [0.25, 0.3) is 11.8 Å². The Morgan fingerprint density at radius 1 is 1.36 bits per heavy atom. The molecule has 1 aromatic carbocycles. The number of benzene rings is 1. The Hall–Kier alpha value is -2.21. The molecule has 0 saturated carbocycles. The van der Waals surface area contributed by atoms with Crippen molar-refractivity contribution in [2.75, 3.05) is 5.32 Å². The normalized spacial score (nSPS) is 23.1. The lowest BCUT2D eigenvalue weighted by molar-refractivity contribution is -0.130. The Morgan fingerprint density at radius 3 is 2.91 bits per heavy atom. The Morgan fingerprint density at radius 2 is 2.14 bits per heavy atom. The van der Waals surface area contributed by atoms with Crippen molar-refractivity contribution in [3.05, 3.63) is 53.2 Å². The fourth-order valence-corrected chi connectivity index (χ4v) is 2.88. The van der Waals surface area contributed by atoms with E-state index in [-0.39, 0.29) is 18.2 Å². The monoisotopic (exact) mass is 359 g/mol. The molecule has 1 N–H and O–H groups in total. The van der Waals surface area contributed by atoms with Crippen molar-refractivity contribution in [3.63, 3.8) is 0 Å². The van der Waals surface area contributed by atoms with E-state index >= 15 is 0 Å². The summed E-state index contributed by atoms with van der Waals surface area (Å²) in [6.45, 7) is 1.75. The first-order valence-corrected chi connectivity index (χ1v) is 7.62. The molecule has 5 nitrogen and oxygen atoms in total. The highest BCUT2D eigenvalue weighted by atomic mass is 79.9. The number of hydrogen-bond donors (Lipinski definition) is 1. The van der Waals surface area contributed by atoms with Crippen molar-refractivity contribution < 1.29 is 9.59 Å². The summed E-state index contributed by atoms with van der Waals surface area (Å²) >= 11 is 3.40. The first-order valence-electron chi connectivity index (χ1n) is 6.82. The quantitative estimate of drug-likeness (QED) is 0.882. The van der Waals surface area contributed by atoms with E-state index in [1.54, 1.807) is 36.2 Å². The Kier molecular flexibility index (Phi) is 3.70. The molecular formula is C16H14BrN3O2. The van der Waals surface area contributed by atoms with Crippen LogP contribution < -0.4 is 5.32 Å². The summed E-state index contributed by atoms with van der Waals surface area (Å²) in [7, 11) is 0. The number of allylic oxidation sites excluding steroid dienone is 2. The summed E-state index contributed by atoms with van der Waals surface area (Å²) in [6, 6.07) is 7.36.